The van der Waals surface area contributed by atoms with Gasteiger partial charge in [0, 0.05) is 10.6 Å². The van der Waals surface area contributed by atoms with Crippen molar-refractivity contribution < 1.29 is 8.81 Å². The van der Waals surface area contributed by atoms with Gasteiger partial charge in [-0.15, -0.1) is 11.8 Å². The molecule has 4 heteroatoms. The molecule has 0 aliphatic heterocycles. The van der Waals surface area contributed by atoms with E-state index in [2.05, 4.69) is 0 Å². The van der Waals surface area contributed by atoms with Crippen LogP contribution in [-0.2, 0) is 5.75 Å². The molecular formula is C12H12FNOS. The van der Waals surface area contributed by atoms with Gasteiger partial charge in [0.25, 0.3) is 0 Å². The molecule has 2 rings (SSSR count). The van der Waals surface area contributed by atoms with Crippen LogP contribution in [0.25, 0.3) is 0 Å². The summed E-state index contributed by atoms with van der Waals surface area (Å²) in [4.78, 5) is 1.08. The van der Waals surface area contributed by atoms with Crippen LogP contribution in [0.3, 0.4) is 0 Å². The van der Waals surface area contributed by atoms with Gasteiger partial charge >= 0.3 is 0 Å². The van der Waals surface area contributed by atoms with E-state index in [1.165, 1.54) is 6.07 Å². The molecular weight excluding hydrogens is 225 g/mol. The highest BCUT2D eigenvalue weighted by molar-refractivity contribution is 7.98. The number of nitrogens with two attached hydrogens (primary N) is 1. The lowest BCUT2D eigenvalue weighted by Crippen LogP contribution is -1.91. The highest BCUT2D eigenvalue weighted by atomic mass is 32.2. The average Bonchev–Trinajstić information content (AvgIpc) is 2.66. The number of furan rings is 1. The van der Waals surface area contributed by atoms with Gasteiger partial charge in [0.15, 0.2) is 0 Å². The molecule has 0 aliphatic carbocycles. The second-order valence-electron chi connectivity index (χ2n) is 3.49. The normalized spacial score (nSPS) is 10.6. The Morgan fingerprint density at radius 3 is 2.81 bits per heavy atom. The number of thioether (sulfide) groups is 1. The second-order valence-corrected chi connectivity index (χ2v) is 4.50. The standard InChI is InChI=1S/C12H12FNOS/c1-8-12(4-5-15-8)16-7-9-2-3-11(14)10(13)6-9/h2-6H,7,14H2,1H3. The van der Waals surface area contributed by atoms with Crippen LogP contribution in [-0.4, -0.2) is 0 Å². The Kier molecular flexibility index (Phi) is 3.19. The van der Waals surface area contributed by atoms with E-state index in [0.29, 0.717) is 5.75 Å². The minimum atomic E-state index is -0.359. The molecule has 0 radical (unpaired) electrons. The van der Waals surface area contributed by atoms with Crippen molar-refractivity contribution in [3.8, 4) is 0 Å². The number of benzene rings is 1. The lowest BCUT2D eigenvalue weighted by atomic mass is 10.2. The van der Waals surface area contributed by atoms with Crippen molar-refractivity contribution in [2.24, 2.45) is 0 Å². The van der Waals surface area contributed by atoms with Crippen LogP contribution in [0.15, 0.2) is 39.8 Å². The number of halogens is 1. The molecule has 0 unspecified atom stereocenters. The Hall–Kier alpha value is -1.42. The van der Waals surface area contributed by atoms with Gasteiger partial charge < -0.3 is 10.2 Å². The van der Waals surface area contributed by atoms with E-state index in [-0.39, 0.29) is 11.5 Å². The molecule has 0 saturated carbocycles. The van der Waals surface area contributed by atoms with Gasteiger partial charge in [0.05, 0.1) is 12.0 Å². The molecule has 0 amide bonds. The number of anilines is 1. The van der Waals surface area contributed by atoms with Gasteiger partial charge in [-0.25, -0.2) is 4.39 Å². The maximum absolute atomic E-state index is 13.2. The van der Waals surface area contributed by atoms with E-state index in [1.54, 1.807) is 24.1 Å². The molecule has 84 valence electrons. The van der Waals surface area contributed by atoms with Crippen LogP contribution in [0, 0.1) is 12.7 Å². The first kappa shape index (κ1) is 11.1. The Morgan fingerprint density at radius 1 is 1.38 bits per heavy atom. The van der Waals surface area contributed by atoms with Crippen LogP contribution in [0.5, 0.6) is 0 Å². The van der Waals surface area contributed by atoms with Gasteiger partial charge in [-0.05, 0) is 30.7 Å². The van der Waals surface area contributed by atoms with E-state index in [9.17, 15) is 4.39 Å². The van der Waals surface area contributed by atoms with Crippen LogP contribution in [0.4, 0.5) is 10.1 Å². The van der Waals surface area contributed by atoms with Gasteiger partial charge in [-0.2, -0.15) is 0 Å². The van der Waals surface area contributed by atoms with Crippen molar-refractivity contribution in [3.63, 3.8) is 0 Å². The number of hydrogen-bond donors (Lipinski definition) is 1. The SMILES string of the molecule is Cc1occc1SCc1ccc(N)c(F)c1. The van der Waals surface area contributed by atoms with Crippen molar-refractivity contribution in [2.45, 2.75) is 17.6 Å². The van der Waals surface area contributed by atoms with Crippen molar-refractivity contribution in [2.75, 3.05) is 5.73 Å². The summed E-state index contributed by atoms with van der Waals surface area (Å²) in [5, 5.41) is 0. The third-order valence-corrected chi connectivity index (χ3v) is 3.48. The lowest BCUT2D eigenvalue weighted by Gasteiger charge is -2.02. The molecule has 16 heavy (non-hydrogen) atoms. The van der Waals surface area contributed by atoms with Gasteiger partial charge in [0.2, 0.25) is 0 Å². The number of hydrogen-bond acceptors (Lipinski definition) is 3. The maximum Gasteiger partial charge on any atom is 0.146 e. The molecule has 1 aromatic carbocycles. The summed E-state index contributed by atoms with van der Waals surface area (Å²) >= 11 is 1.62. The third kappa shape index (κ3) is 2.39. The zero-order valence-electron chi connectivity index (χ0n) is 8.87. The van der Waals surface area contributed by atoms with Crippen LogP contribution >= 0.6 is 11.8 Å². The Labute approximate surface area is 97.6 Å². The minimum Gasteiger partial charge on any atom is -0.468 e. The van der Waals surface area contributed by atoms with Crippen molar-refractivity contribution >= 4 is 17.4 Å². The first-order valence-electron chi connectivity index (χ1n) is 4.87. The fourth-order valence-electron chi connectivity index (χ4n) is 1.34. The Balaban J connectivity index is 2.05. The average molecular weight is 237 g/mol. The summed E-state index contributed by atoms with van der Waals surface area (Å²) in [5.41, 5.74) is 6.51. The summed E-state index contributed by atoms with van der Waals surface area (Å²) in [5.74, 6) is 1.24. The van der Waals surface area contributed by atoms with E-state index >= 15 is 0 Å². The predicted molar refractivity (Wildman–Crippen MR) is 63.8 cm³/mol. The molecule has 2 aromatic rings. The van der Waals surface area contributed by atoms with Gasteiger partial charge in [-0.1, -0.05) is 6.07 Å². The highest BCUT2D eigenvalue weighted by Crippen LogP contribution is 2.27. The second kappa shape index (κ2) is 4.61. The monoisotopic (exact) mass is 237 g/mol. The largest absolute Gasteiger partial charge is 0.468 e. The summed E-state index contributed by atoms with van der Waals surface area (Å²) < 4.78 is 18.4. The molecule has 0 spiro atoms. The quantitative estimate of drug-likeness (QED) is 0.654. The molecule has 0 saturated heterocycles. The first-order valence-corrected chi connectivity index (χ1v) is 5.86. The van der Waals surface area contributed by atoms with Crippen LogP contribution in [0.2, 0.25) is 0 Å². The summed E-state index contributed by atoms with van der Waals surface area (Å²) in [6, 6.07) is 6.81. The topological polar surface area (TPSA) is 39.2 Å². The predicted octanol–water partition coefficient (Wildman–Crippen LogP) is 3.60. The summed E-state index contributed by atoms with van der Waals surface area (Å²) in [6.45, 7) is 1.91. The Morgan fingerprint density at radius 2 is 2.19 bits per heavy atom. The zero-order chi connectivity index (χ0) is 11.5. The molecule has 0 atom stereocenters. The summed E-state index contributed by atoms with van der Waals surface area (Å²) in [6.07, 6.45) is 1.65. The fraction of sp³-hybridized carbons (Fsp3) is 0.167. The molecule has 0 aliphatic rings. The molecule has 2 N–H and O–H groups in total. The first-order chi connectivity index (χ1) is 7.66. The molecule has 1 heterocycles. The molecule has 1 aromatic heterocycles. The van der Waals surface area contributed by atoms with E-state index in [4.69, 9.17) is 10.2 Å². The molecule has 2 nitrogen and oxygen atoms in total. The van der Waals surface area contributed by atoms with E-state index in [0.717, 1.165) is 16.2 Å². The van der Waals surface area contributed by atoms with E-state index in [1.807, 2.05) is 19.1 Å². The number of nitrogen functional groups attached to an aromatic ring is 1. The molecule has 0 bridgehead atoms. The van der Waals surface area contributed by atoms with Gasteiger partial charge in [0.1, 0.15) is 11.6 Å². The van der Waals surface area contributed by atoms with Crippen molar-refractivity contribution in [1.29, 1.82) is 0 Å². The zero-order valence-corrected chi connectivity index (χ0v) is 9.68. The van der Waals surface area contributed by atoms with Crippen molar-refractivity contribution in [3.05, 3.63) is 47.7 Å². The Bertz CT molecular complexity index is 496. The number of rotatable bonds is 3. The maximum atomic E-state index is 13.2. The third-order valence-electron chi connectivity index (χ3n) is 2.27. The van der Waals surface area contributed by atoms with Crippen LogP contribution in [0.1, 0.15) is 11.3 Å². The van der Waals surface area contributed by atoms with Crippen LogP contribution < -0.4 is 5.73 Å². The number of aryl methyl sites for hydroxylation is 1. The minimum absolute atomic E-state index is 0.188. The van der Waals surface area contributed by atoms with E-state index < -0.39 is 0 Å². The summed E-state index contributed by atoms with van der Waals surface area (Å²) in [7, 11) is 0. The molecule has 0 fully saturated rings. The van der Waals surface area contributed by atoms with Crippen molar-refractivity contribution in [1.82, 2.24) is 0 Å². The fourth-order valence-corrected chi connectivity index (χ4v) is 2.25. The lowest BCUT2D eigenvalue weighted by molar-refractivity contribution is 0.527. The highest BCUT2D eigenvalue weighted by Gasteiger charge is 2.04. The smallest absolute Gasteiger partial charge is 0.146 e. The van der Waals surface area contributed by atoms with Gasteiger partial charge in [-0.3, -0.25) is 0 Å².